The first-order chi connectivity index (χ1) is 17.9. The fourth-order valence-electron chi connectivity index (χ4n) is 3.46. The number of benzene rings is 2. The second-order valence-corrected chi connectivity index (χ2v) is 10.6. The van der Waals surface area contributed by atoms with Crippen molar-refractivity contribution in [2.75, 3.05) is 25.3 Å². The van der Waals surface area contributed by atoms with Gasteiger partial charge in [-0.05, 0) is 35.9 Å². The van der Waals surface area contributed by atoms with Gasteiger partial charge in [0.2, 0.25) is 5.91 Å². The molecule has 0 spiro atoms. The van der Waals surface area contributed by atoms with Gasteiger partial charge in [0.05, 0.1) is 20.0 Å². The van der Waals surface area contributed by atoms with Gasteiger partial charge in [0, 0.05) is 39.6 Å². The Kier molecular flexibility index (Phi) is 9.09. The number of allylic oxidation sites excluding steroid dienone is 1. The normalized spacial score (nSPS) is 10.8. The molecule has 2 aromatic carbocycles. The number of methoxy groups -OCH3 is 2. The Labute approximate surface area is 232 Å². The summed E-state index contributed by atoms with van der Waals surface area (Å²) in [5.41, 5.74) is 1.74. The molecule has 0 saturated heterocycles. The monoisotopic (exact) mass is 575 g/mol. The van der Waals surface area contributed by atoms with Gasteiger partial charge in [-0.2, -0.15) is 0 Å². The van der Waals surface area contributed by atoms with Crippen LogP contribution in [0.4, 0.5) is 5.13 Å². The van der Waals surface area contributed by atoms with Crippen LogP contribution in [0, 0.1) is 0 Å². The van der Waals surface area contributed by atoms with E-state index >= 15 is 0 Å². The molecule has 0 radical (unpaired) electrons. The molecule has 0 atom stereocenters. The van der Waals surface area contributed by atoms with Gasteiger partial charge in [0.1, 0.15) is 0 Å². The van der Waals surface area contributed by atoms with Gasteiger partial charge in [-0.25, -0.2) is 4.98 Å². The number of hydrogen-bond donors (Lipinski definition) is 1. The summed E-state index contributed by atoms with van der Waals surface area (Å²) in [6, 6.07) is 10.9. The minimum Gasteiger partial charge on any atom is -0.493 e. The van der Waals surface area contributed by atoms with E-state index in [1.54, 1.807) is 38.6 Å². The third-order valence-electron chi connectivity index (χ3n) is 5.18. The molecule has 0 unspecified atom stereocenters. The van der Waals surface area contributed by atoms with Crippen molar-refractivity contribution in [3.05, 3.63) is 75.7 Å². The van der Waals surface area contributed by atoms with Crippen LogP contribution in [0.3, 0.4) is 0 Å². The van der Waals surface area contributed by atoms with Crippen LogP contribution in [-0.4, -0.2) is 45.6 Å². The highest BCUT2D eigenvalue weighted by Crippen LogP contribution is 2.33. The molecule has 0 aliphatic rings. The molecule has 0 saturated carbocycles. The molecule has 12 heteroatoms. The molecule has 0 aliphatic heterocycles. The smallest absolute Gasteiger partial charge is 0.236 e. The lowest BCUT2D eigenvalue weighted by atomic mass is 10.1. The Hall–Kier alpha value is -3.05. The third-order valence-corrected chi connectivity index (χ3v) is 7.65. The second-order valence-electron chi connectivity index (χ2n) is 7.66. The summed E-state index contributed by atoms with van der Waals surface area (Å²) < 4.78 is 12.6. The van der Waals surface area contributed by atoms with Crippen molar-refractivity contribution < 1.29 is 14.3 Å². The molecule has 8 nitrogen and oxygen atoms in total. The molecule has 4 rings (SSSR count). The fourth-order valence-corrected chi connectivity index (χ4v) is 5.54. The average Bonchev–Trinajstić information content (AvgIpc) is 3.50. The zero-order chi connectivity index (χ0) is 26.4. The second kappa shape index (κ2) is 12.5. The van der Waals surface area contributed by atoms with E-state index in [4.69, 9.17) is 32.7 Å². The molecule has 4 aromatic rings. The maximum atomic E-state index is 12.6. The van der Waals surface area contributed by atoms with Crippen molar-refractivity contribution in [2.24, 2.45) is 0 Å². The van der Waals surface area contributed by atoms with Crippen LogP contribution < -0.4 is 14.8 Å². The first-order valence-electron chi connectivity index (χ1n) is 11.0. The quantitative estimate of drug-likeness (QED) is 0.167. The number of amides is 1. The van der Waals surface area contributed by atoms with E-state index in [1.807, 2.05) is 28.8 Å². The summed E-state index contributed by atoms with van der Waals surface area (Å²) in [5, 5.41) is 13.8. The van der Waals surface area contributed by atoms with Crippen LogP contribution in [-0.2, 0) is 17.8 Å². The molecular formula is C25H23Cl2N5O3S2. The van der Waals surface area contributed by atoms with Crippen LogP contribution in [0.5, 0.6) is 11.5 Å². The highest BCUT2D eigenvalue weighted by Gasteiger charge is 2.17. The van der Waals surface area contributed by atoms with Gasteiger partial charge in [-0.3, -0.25) is 9.36 Å². The van der Waals surface area contributed by atoms with Crippen LogP contribution in [0.25, 0.3) is 11.4 Å². The molecule has 0 aliphatic carbocycles. The Balaban J connectivity index is 1.41. The van der Waals surface area contributed by atoms with E-state index in [9.17, 15) is 4.79 Å². The molecule has 2 aromatic heterocycles. The number of nitrogens with zero attached hydrogens (tertiary/aromatic N) is 4. The topological polar surface area (TPSA) is 91.2 Å². The number of anilines is 1. The van der Waals surface area contributed by atoms with Gasteiger partial charge in [-0.15, -0.1) is 28.1 Å². The predicted molar refractivity (Wildman–Crippen MR) is 149 cm³/mol. The minimum absolute atomic E-state index is 0.138. The highest BCUT2D eigenvalue weighted by atomic mass is 35.5. The molecule has 192 valence electrons. The van der Waals surface area contributed by atoms with E-state index in [1.165, 1.54) is 23.1 Å². The van der Waals surface area contributed by atoms with Crippen molar-refractivity contribution in [3.63, 3.8) is 0 Å². The summed E-state index contributed by atoms with van der Waals surface area (Å²) in [7, 11) is 3.16. The van der Waals surface area contributed by atoms with Crippen molar-refractivity contribution in [2.45, 2.75) is 18.1 Å². The summed E-state index contributed by atoms with van der Waals surface area (Å²) in [4.78, 5) is 17.9. The van der Waals surface area contributed by atoms with E-state index in [0.29, 0.717) is 50.6 Å². The number of halogens is 2. The van der Waals surface area contributed by atoms with Crippen LogP contribution in [0.15, 0.2) is 60.4 Å². The number of rotatable bonds is 11. The summed E-state index contributed by atoms with van der Waals surface area (Å²) in [6.45, 7) is 4.31. The number of carbonyl (C=O) groups is 1. The largest absolute Gasteiger partial charge is 0.493 e. The van der Waals surface area contributed by atoms with Crippen molar-refractivity contribution in [3.8, 4) is 22.9 Å². The SMILES string of the molecule is C=CCn1c(SCC(=O)Nc2ncc(Cc3ccc(Cl)cc3Cl)s2)nnc1-c1ccc(OC)c(OC)c1. The van der Waals surface area contributed by atoms with Crippen LogP contribution >= 0.6 is 46.3 Å². The minimum atomic E-state index is -0.198. The van der Waals surface area contributed by atoms with Gasteiger partial charge >= 0.3 is 0 Å². The number of thioether (sulfide) groups is 1. The fraction of sp³-hybridized carbons (Fsp3) is 0.200. The highest BCUT2D eigenvalue weighted by molar-refractivity contribution is 7.99. The first kappa shape index (κ1) is 27.0. The van der Waals surface area contributed by atoms with Gasteiger partial charge in [0.15, 0.2) is 27.6 Å². The zero-order valence-electron chi connectivity index (χ0n) is 20.0. The number of ether oxygens (including phenoxy) is 2. The van der Waals surface area contributed by atoms with Gasteiger partial charge in [0.25, 0.3) is 0 Å². The lowest BCUT2D eigenvalue weighted by Crippen LogP contribution is -2.14. The van der Waals surface area contributed by atoms with Gasteiger partial charge in [-0.1, -0.05) is 47.1 Å². The lowest BCUT2D eigenvalue weighted by Gasteiger charge is -2.11. The standard InChI is InChI=1S/C25H23Cl2N5O3S2/c1-4-9-32-23(16-6-8-20(34-2)21(11-16)35-3)30-31-25(32)36-14-22(33)29-24-28-13-18(37-24)10-15-5-7-17(26)12-19(15)27/h4-8,11-13H,1,9-10,14H2,2-3H3,(H,28,29,33). The Bertz CT molecular complexity index is 1420. The Morgan fingerprint density at radius 3 is 2.70 bits per heavy atom. The number of hydrogen-bond acceptors (Lipinski definition) is 8. The zero-order valence-corrected chi connectivity index (χ0v) is 23.2. The summed E-state index contributed by atoms with van der Waals surface area (Å²) >= 11 is 14.9. The van der Waals surface area contributed by atoms with E-state index in [-0.39, 0.29) is 11.7 Å². The Morgan fingerprint density at radius 2 is 1.97 bits per heavy atom. The van der Waals surface area contributed by atoms with Crippen LogP contribution in [0.1, 0.15) is 10.4 Å². The van der Waals surface area contributed by atoms with Crippen molar-refractivity contribution in [1.29, 1.82) is 0 Å². The molecule has 1 amide bonds. The third kappa shape index (κ3) is 6.64. The Morgan fingerprint density at radius 1 is 1.16 bits per heavy atom. The molecule has 37 heavy (non-hydrogen) atoms. The summed E-state index contributed by atoms with van der Waals surface area (Å²) in [6.07, 6.45) is 4.08. The number of aromatic nitrogens is 4. The molecule has 0 bridgehead atoms. The lowest BCUT2D eigenvalue weighted by molar-refractivity contribution is -0.113. The van der Waals surface area contributed by atoms with Crippen molar-refractivity contribution >= 4 is 57.3 Å². The molecule has 1 N–H and O–H groups in total. The molecule has 2 heterocycles. The molecule has 0 fully saturated rings. The first-order valence-corrected chi connectivity index (χ1v) is 13.6. The number of nitrogens with one attached hydrogen (secondary N) is 1. The summed E-state index contributed by atoms with van der Waals surface area (Å²) in [5.74, 6) is 1.78. The van der Waals surface area contributed by atoms with Crippen molar-refractivity contribution in [1.82, 2.24) is 19.7 Å². The van der Waals surface area contributed by atoms with E-state index < -0.39 is 0 Å². The van der Waals surface area contributed by atoms with Crippen LogP contribution in [0.2, 0.25) is 10.0 Å². The predicted octanol–water partition coefficient (Wildman–Crippen LogP) is 6.23. The van der Waals surface area contributed by atoms with E-state index in [2.05, 4.69) is 27.1 Å². The number of thiazole rings is 1. The van der Waals surface area contributed by atoms with E-state index in [0.717, 1.165) is 16.0 Å². The maximum absolute atomic E-state index is 12.6. The number of carbonyl (C=O) groups excluding carboxylic acids is 1. The maximum Gasteiger partial charge on any atom is 0.236 e. The molecular weight excluding hydrogens is 553 g/mol. The van der Waals surface area contributed by atoms with Gasteiger partial charge < -0.3 is 14.8 Å². The average molecular weight is 577 g/mol.